The van der Waals surface area contributed by atoms with E-state index in [2.05, 4.69) is 24.0 Å². The Labute approximate surface area is 137 Å². The Morgan fingerprint density at radius 2 is 1.96 bits per heavy atom. The topological polar surface area (TPSA) is 41.9 Å². The van der Waals surface area contributed by atoms with Gasteiger partial charge < -0.3 is 14.6 Å². The van der Waals surface area contributed by atoms with Crippen molar-refractivity contribution >= 4 is 0 Å². The maximum Gasteiger partial charge on any atom is 0.160 e. The number of nitrogens with zero attached hydrogens (tertiary/aromatic N) is 1. The largest absolute Gasteiger partial charge is 0.504 e. The van der Waals surface area contributed by atoms with E-state index >= 15 is 0 Å². The van der Waals surface area contributed by atoms with Crippen LogP contribution in [0.4, 0.5) is 0 Å². The molecule has 0 radical (unpaired) electrons. The highest BCUT2D eigenvalue weighted by Gasteiger charge is 2.28. The molecule has 0 aliphatic carbocycles. The van der Waals surface area contributed by atoms with Crippen molar-refractivity contribution in [1.29, 1.82) is 0 Å². The SMILES string of the molecule is CCc1cccc(OC2CN(Cc3ccc(OC)c(O)c3)C2)c1. The zero-order valence-corrected chi connectivity index (χ0v) is 13.7. The molecule has 1 aliphatic rings. The van der Waals surface area contributed by atoms with E-state index < -0.39 is 0 Å². The van der Waals surface area contributed by atoms with Crippen molar-refractivity contribution in [3.8, 4) is 17.2 Å². The number of aryl methyl sites for hydroxylation is 1. The van der Waals surface area contributed by atoms with Gasteiger partial charge in [0, 0.05) is 19.6 Å². The smallest absolute Gasteiger partial charge is 0.160 e. The second-order valence-corrected chi connectivity index (χ2v) is 5.94. The number of aromatic hydroxyl groups is 1. The lowest BCUT2D eigenvalue weighted by Crippen LogP contribution is -2.53. The van der Waals surface area contributed by atoms with Crippen LogP contribution in [0.2, 0.25) is 0 Å². The third kappa shape index (κ3) is 3.77. The lowest BCUT2D eigenvalue weighted by molar-refractivity contribution is 0.0145. The van der Waals surface area contributed by atoms with Gasteiger partial charge in [0.1, 0.15) is 11.9 Å². The lowest BCUT2D eigenvalue weighted by Gasteiger charge is -2.39. The predicted octanol–water partition coefficient (Wildman–Crippen LogP) is 3.23. The summed E-state index contributed by atoms with van der Waals surface area (Å²) < 4.78 is 11.1. The molecule has 2 aromatic carbocycles. The molecule has 23 heavy (non-hydrogen) atoms. The Kier molecular flexibility index (Phi) is 4.72. The Morgan fingerprint density at radius 1 is 1.13 bits per heavy atom. The average molecular weight is 313 g/mol. The molecule has 1 saturated heterocycles. The molecule has 0 aromatic heterocycles. The maximum absolute atomic E-state index is 9.82. The van der Waals surface area contributed by atoms with E-state index in [1.807, 2.05) is 18.2 Å². The van der Waals surface area contributed by atoms with E-state index in [1.165, 1.54) is 5.56 Å². The summed E-state index contributed by atoms with van der Waals surface area (Å²) in [6.07, 6.45) is 1.27. The second kappa shape index (κ2) is 6.92. The second-order valence-electron chi connectivity index (χ2n) is 5.94. The molecule has 1 fully saturated rings. The van der Waals surface area contributed by atoms with Gasteiger partial charge in [0.2, 0.25) is 0 Å². The Balaban J connectivity index is 1.50. The number of rotatable bonds is 6. The summed E-state index contributed by atoms with van der Waals surface area (Å²) >= 11 is 0. The molecular formula is C19H23NO3. The molecule has 3 rings (SSSR count). The van der Waals surface area contributed by atoms with Crippen molar-refractivity contribution in [1.82, 2.24) is 4.90 Å². The quantitative estimate of drug-likeness (QED) is 0.889. The molecule has 4 heteroatoms. The summed E-state index contributed by atoms with van der Waals surface area (Å²) in [5.74, 6) is 1.65. The molecule has 1 aliphatic heterocycles. The first-order valence-corrected chi connectivity index (χ1v) is 8.01. The van der Waals surface area contributed by atoms with Crippen molar-refractivity contribution < 1.29 is 14.6 Å². The monoisotopic (exact) mass is 313 g/mol. The van der Waals surface area contributed by atoms with Gasteiger partial charge in [-0.1, -0.05) is 25.1 Å². The molecule has 122 valence electrons. The number of phenolic OH excluding ortho intramolecular Hbond substituents is 1. The van der Waals surface area contributed by atoms with Crippen LogP contribution in [0.25, 0.3) is 0 Å². The number of ether oxygens (including phenoxy) is 2. The van der Waals surface area contributed by atoms with Crippen LogP contribution in [0.3, 0.4) is 0 Å². The summed E-state index contributed by atoms with van der Waals surface area (Å²) in [7, 11) is 1.56. The first kappa shape index (κ1) is 15.7. The van der Waals surface area contributed by atoms with Gasteiger partial charge in [0.25, 0.3) is 0 Å². The first-order valence-electron chi connectivity index (χ1n) is 8.01. The van der Waals surface area contributed by atoms with E-state index in [9.17, 15) is 5.11 Å². The number of likely N-dealkylation sites (tertiary alicyclic amines) is 1. The minimum Gasteiger partial charge on any atom is -0.504 e. The third-order valence-electron chi connectivity index (χ3n) is 4.18. The molecule has 0 spiro atoms. The fraction of sp³-hybridized carbons (Fsp3) is 0.368. The van der Waals surface area contributed by atoms with Crippen LogP contribution >= 0.6 is 0 Å². The van der Waals surface area contributed by atoms with E-state index in [0.29, 0.717) is 5.75 Å². The van der Waals surface area contributed by atoms with Gasteiger partial charge in [0.05, 0.1) is 7.11 Å². The molecule has 0 unspecified atom stereocenters. The summed E-state index contributed by atoms with van der Waals surface area (Å²) in [4.78, 5) is 2.30. The third-order valence-corrected chi connectivity index (χ3v) is 4.18. The van der Waals surface area contributed by atoms with Crippen LogP contribution in [0.1, 0.15) is 18.1 Å². The normalized spacial score (nSPS) is 15.2. The molecular weight excluding hydrogens is 290 g/mol. The molecule has 0 saturated carbocycles. The number of phenols is 1. The molecule has 1 heterocycles. The van der Waals surface area contributed by atoms with Gasteiger partial charge in [-0.2, -0.15) is 0 Å². The van der Waals surface area contributed by atoms with E-state index in [4.69, 9.17) is 9.47 Å². The molecule has 4 nitrogen and oxygen atoms in total. The highest BCUT2D eigenvalue weighted by atomic mass is 16.5. The molecule has 2 aromatic rings. The highest BCUT2D eigenvalue weighted by Crippen LogP contribution is 2.28. The van der Waals surface area contributed by atoms with Crippen LogP contribution in [0.15, 0.2) is 42.5 Å². The van der Waals surface area contributed by atoms with Crippen molar-refractivity contribution in [3.63, 3.8) is 0 Å². The van der Waals surface area contributed by atoms with Gasteiger partial charge in [0.15, 0.2) is 11.5 Å². The van der Waals surface area contributed by atoms with Crippen molar-refractivity contribution in [3.05, 3.63) is 53.6 Å². The summed E-state index contributed by atoms with van der Waals surface area (Å²) in [5.41, 5.74) is 2.38. The fourth-order valence-electron chi connectivity index (χ4n) is 2.85. The Hall–Kier alpha value is -2.20. The minimum atomic E-state index is 0.190. The predicted molar refractivity (Wildman–Crippen MR) is 90.2 cm³/mol. The van der Waals surface area contributed by atoms with Crippen LogP contribution in [-0.2, 0) is 13.0 Å². The number of hydrogen-bond acceptors (Lipinski definition) is 4. The van der Waals surface area contributed by atoms with Gasteiger partial charge in [-0.05, 0) is 41.8 Å². The summed E-state index contributed by atoms with van der Waals surface area (Å²) in [6.45, 7) is 4.77. The van der Waals surface area contributed by atoms with Crippen molar-refractivity contribution in [2.45, 2.75) is 26.0 Å². The van der Waals surface area contributed by atoms with E-state index in [0.717, 1.165) is 37.4 Å². The van der Waals surface area contributed by atoms with Gasteiger partial charge >= 0.3 is 0 Å². The zero-order valence-electron chi connectivity index (χ0n) is 13.7. The van der Waals surface area contributed by atoms with Crippen LogP contribution in [-0.4, -0.2) is 36.3 Å². The van der Waals surface area contributed by atoms with Gasteiger partial charge in [-0.15, -0.1) is 0 Å². The van der Waals surface area contributed by atoms with Gasteiger partial charge in [-0.3, -0.25) is 4.90 Å². The van der Waals surface area contributed by atoms with Crippen LogP contribution in [0, 0.1) is 0 Å². The highest BCUT2D eigenvalue weighted by molar-refractivity contribution is 5.41. The van der Waals surface area contributed by atoms with Crippen LogP contribution in [0.5, 0.6) is 17.2 Å². The summed E-state index contributed by atoms with van der Waals surface area (Å²) in [6, 6.07) is 13.8. The van der Waals surface area contributed by atoms with E-state index in [-0.39, 0.29) is 11.9 Å². The average Bonchev–Trinajstić information content (AvgIpc) is 2.53. The number of benzene rings is 2. The number of hydrogen-bond donors (Lipinski definition) is 1. The standard InChI is InChI=1S/C19H23NO3/c1-3-14-5-4-6-16(9-14)23-17-12-20(13-17)11-15-7-8-19(22-2)18(21)10-15/h4-10,17,21H,3,11-13H2,1-2H3. The summed E-state index contributed by atoms with van der Waals surface area (Å²) in [5, 5.41) is 9.82. The maximum atomic E-state index is 9.82. The van der Waals surface area contributed by atoms with Crippen LogP contribution < -0.4 is 9.47 Å². The lowest BCUT2D eigenvalue weighted by atomic mass is 10.1. The van der Waals surface area contributed by atoms with Gasteiger partial charge in [-0.25, -0.2) is 0 Å². The van der Waals surface area contributed by atoms with E-state index in [1.54, 1.807) is 19.2 Å². The van der Waals surface area contributed by atoms with Crippen molar-refractivity contribution in [2.75, 3.05) is 20.2 Å². The first-order chi connectivity index (χ1) is 11.2. The minimum absolute atomic E-state index is 0.190. The van der Waals surface area contributed by atoms with Crippen molar-refractivity contribution in [2.24, 2.45) is 0 Å². The zero-order chi connectivity index (χ0) is 16.2. The Bertz CT molecular complexity index is 665. The molecule has 0 atom stereocenters. The molecule has 0 bridgehead atoms. The fourth-order valence-corrected chi connectivity index (χ4v) is 2.85. The molecule has 1 N–H and O–H groups in total. The Morgan fingerprint density at radius 3 is 2.65 bits per heavy atom. The molecule has 0 amide bonds. The number of methoxy groups -OCH3 is 1.